The number of benzene rings is 2. The number of Topliss-reactive ketones (excluding diaryl/α,β-unsaturated/α-hetero) is 1. The lowest BCUT2D eigenvalue weighted by molar-refractivity contribution is -0.132. The maximum Gasteiger partial charge on any atom is 0.300 e. The van der Waals surface area contributed by atoms with E-state index >= 15 is 0 Å². The van der Waals surface area contributed by atoms with Gasteiger partial charge in [-0.05, 0) is 41.8 Å². The average molecular weight is 482 g/mol. The molecule has 0 bridgehead atoms. The van der Waals surface area contributed by atoms with Crippen molar-refractivity contribution in [2.75, 3.05) is 19.1 Å². The Labute approximate surface area is 202 Å². The molecule has 7 nitrogen and oxygen atoms in total. The summed E-state index contributed by atoms with van der Waals surface area (Å²) in [5, 5.41) is 11.6. The minimum atomic E-state index is -0.980. The summed E-state index contributed by atoms with van der Waals surface area (Å²) in [4.78, 5) is 27.8. The highest BCUT2D eigenvalue weighted by Gasteiger charge is 2.48. The first-order valence-corrected chi connectivity index (χ1v) is 11.0. The molecule has 34 heavy (non-hydrogen) atoms. The first-order chi connectivity index (χ1) is 16.3. The molecular formula is C26H24ClNO6. The Bertz CT molecular complexity index is 1260. The van der Waals surface area contributed by atoms with Crippen LogP contribution in [0.1, 0.15) is 42.7 Å². The van der Waals surface area contributed by atoms with Crippen molar-refractivity contribution in [2.45, 2.75) is 25.8 Å². The fourth-order valence-electron chi connectivity index (χ4n) is 4.03. The van der Waals surface area contributed by atoms with E-state index in [4.69, 9.17) is 25.5 Å². The van der Waals surface area contributed by atoms with Crippen LogP contribution < -0.4 is 14.4 Å². The van der Waals surface area contributed by atoms with Crippen LogP contribution in [0.5, 0.6) is 11.5 Å². The Balaban J connectivity index is 1.93. The molecule has 1 aliphatic rings. The topological polar surface area (TPSA) is 89.2 Å². The molecule has 1 unspecified atom stereocenters. The highest BCUT2D eigenvalue weighted by atomic mass is 35.5. The Morgan fingerprint density at radius 2 is 1.74 bits per heavy atom. The van der Waals surface area contributed by atoms with Gasteiger partial charge in [0.25, 0.3) is 11.7 Å². The van der Waals surface area contributed by atoms with Crippen molar-refractivity contribution in [3.8, 4) is 11.5 Å². The second kappa shape index (κ2) is 9.27. The third-order valence-electron chi connectivity index (χ3n) is 5.82. The summed E-state index contributed by atoms with van der Waals surface area (Å²) in [6.45, 7) is 4.13. The third-order valence-corrected chi connectivity index (χ3v) is 6.12. The molecule has 8 heteroatoms. The van der Waals surface area contributed by atoms with Crippen LogP contribution in [-0.2, 0) is 9.59 Å². The summed E-state index contributed by atoms with van der Waals surface area (Å²) in [5.41, 5.74) is 1.63. The van der Waals surface area contributed by atoms with Gasteiger partial charge in [-0.15, -0.1) is 0 Å². The first-order valence-electron chi connectivity index (χ1n) is 10.6. The van der Waals surface area contributed by atoms with Gasteiger partial charge in [-0.25, -0.2) is 0 Å². The summed E-state index contributed by atoms with van der Waals surface area (Å²) in [5.74, 6) is -0.923. The number of aliphatic hydroxyl groups is 1. The van der Waals surface area contributed by atoms with Crippen molar-refractivity contribution >= 4 is 34.7 Å². The monoisotopic (exact) mass is 481 g/mol. The number of carbonyl (C=O) groups is 2. The molecule has 176 valence electrons. The van der Waals surface area contributed by atoms with E-state index in [-0.39, 0.29) is 27.7 Å². The van der Waals surface area contributed by atoms with E-state index in [9.17, 15) is 14.7 Å². The molecule has 2 heterocycles. The number of rotatable bonds is 6. The van der Waals surface area contributed by atoms with E-state index in [1.54, 1.807) is 24.3 Å². The molecule has 3 aromatic rings. The largest absolute Gasteiger partial charge is 0.507 e. The van der Waals surface area contributed by atoms with E-state index in [1.165, 1.54) is 37.5 Å². The number of furan rings is 1. The van der Waals surface area contributed by atoms with Crippen molar-refractivity contribution in [1.82, 2.24) is 0 Å². The van der Waals surface area contributed by atoms with Gasteiger partial charge in [0.2, 0.25) is 0 Å². The van der Waals surface area contributed by atoms with Crippen LogP contribution >= 0.6 is 11.6 Å². The summed E-state index contributed by atoms with van der Waals surface area (Å²) in [6, 6.07) is 12.6. The maximum atomic E-state index is 13.3. The van der Waals surface area contributed by atoms with Crippen LogP contribution in [0.15, 0.2) is 64.8 Å². The Kier molecular flexibility index (Phi) is 6.39. The van der Waals surface area contributed by atoms with Crippen molar-refractivity contribution < 1.29 is 28.6 Å². The highest BCUT2D eigenvalue weighted by Crippen LogP contribution is 2.45. The summed E-state index contributed by atoms with van der Waals surface area (Å²) >= 11 is 6.20. The number of ether oxygens (including phenoxy) is 2. The molecule has 0 radical (unpaired) electrons. The third kappa shape index (κ3) is 3.92. The van der Waals surface area contributed by atoms with Crippen molar-refractivity contribution in [2.24, 2.45) is 0 Å². The molecule has 1 aliphatic heterocycles. The Morgan fingerprint density at radius 3 is 2.29 bits per heavy atom. The van der Waals surface area contributed by atoms with E-state index < -0.39 is 23.5 Å². The molecule has 1 atom stereocenters. The molecule has 0 saturated carbocycles. The number of carbonyl (C=O) groups excluding carboxylic acids is 2. The van der Waals surface area contributed by atoms with Crippen LogP contribution in [0.3, 0.4) is 0 Å². The number of methoxy groups -OCH3 is 2. The first kappa shape index (κ1) is 23.4. The summed E-state index contributed by atoms with van der Waals surface area (Å²) in [6.07, 6.45) is 1.45. The van der Waals surface area contributed by atoms with Crippen molar-refractivity contribution in [3.05, 3.63) is 82.3 Å². The van der Waals surface area contributed by atoms with Gasteiger partial charge in [0.05, 0.1) is 36.6 Å². The molecular weight excluding hydrogens is 458 g/mol. The second-order valence-corrected chi connectivity index (χ2v) is 8.52. The fraction of sp³-hybridized carbons (Fsp3) is 0.231. The van der Waals surface area contributed by atoms with Crippen LogP contribution in [0.4, 0.5) is 5.69 Å². The molecule has 2 aromatic carbocycles. The number of aliphatic hydroxyl groups excluding tert-OH is 1. The van der Waals surface area contributed by atoms with E-state index in [0.29, 0.717) is 17.4 Å². The van der Waals surface area contributed by atoms with E-state index in [1.807, 2.05) is 12.1 Å². The molecule has 1 amide bonds. The number of nitrogens with zero attached hydrogens (tertiary/aromatic N) is 1. The van der Waals surface area contributed by atoms with Gasteiger partial charge in [-0.1, -0.05) is 37.6 Å². The van der Waals surface area contributed by atoms with Gasteiger partial charge in [0.15, 0.2) is 0 Å². The van der Waals surface area contributed by atoms with Crippen LogP contribution in [0, 0.1) is 0 Å². The van der Waals surface area contributed by atoms with Gasteiger partial charge >= 0.3 is 0 Å². The standard InChI is InChI=1S/C26H24ClNO6/c1-14(2)15-7-9-16(10-8-15)28-23(19-6-5-11-34-19)22(25(30)26(28)31)24(29)17-12-21(33-4)18(27)13-20(17)32-3/h5-14,23,29H,1-4H3/b24-22+. The predicted molar refractivity (Wildman–Crippen MR) is 129 cm³/mol. The SMILES string of the molecule is COc1cc(/C(O)=C2\C(=O)C(=O)N(c3ccc(C(C)C)cc3)C2c2ccco2)c(OC)cc1Cl. The normalized spacial score (nSPS) is 17.5. The zero-order valence-corrected chi connectivity index (χ0v) is 19.9. The fourth-order valence-corrected chi connectivity index (χ4v) is 4.26. The lowest BCUT2D eigenvalue weighted by Crippen LogP contribution is -2.29. The molecule has 0 aliphatic carbocycles. The number of ketones is 1. The molecule has 1 fully saturated rings. The number of amides is 1. The van der Waals surface area contributed by atoms with E-state index in [0.717, 1.165) is 5.56 Å². The van der Waals surface area contributed by atoms with Crippen LogP contribution in [0.2, 0.25) is 5.02 Å². The number of hydrogen-bond acceptors (Lipinski definition) is 6. The van der Waals surface area contributed by atoms with Crippen molar-refractivity contribution in [1.29, 1.82) is 0 Å². The molecule has 0 spiro atoms. The molecule has 1 aromatic heterocycles. The lowest BCUT2D eigenvalue weighted by atomic mass is 9.98. The highest BCUT2D eigenvalue weighted by molar-refractivity contribution is 6.51. The quantitative estimate of drug-likeness (QED) is 0.276. The van der Waals surface area contributed by atoms with E-state index in [2.05, 4.69) is 13.8 Å². The zero-order valence-electron chi connectivity index (χ0n) is 19.2. The second-order valence-electron chi connectivity index (χ2n) is 8.12. The number of halogens is 1. The zero-order chi connectivity index (χ0) is 24.6. The smallest absolute Gasteiger partial charge is 0.300 e. The average Bonchev–Trinajstić information content (AvgIpc) is 3.45. The molecule has 4 rings (SSSR count). The Morgan fingerprint density at radius 1 is 1.06 bits per heavy atom. The predicted octanol–water partition coefficient (Wildman–Crippen LogP) is 5.70. The van der Waals surface area contributed by atoms with Crippen LogP contribution in [-0.4, -0.2) is 31.0 Å². The minimum Gasteiger partial charge on any atom is -0.507 e. The van der Waals surface area contributed by atoms with Gasteiger partial charge in [-0.3, -0.25) is 14.5 Å². The summed E-state index contributed by atoms with van der Waals surface area (Å²) < 4.78 is 16.2. The maximum absolute atomic E-state index is 13.3. The van der Waals surface area contributed by atoms with Crippen LogP contribution in [0.25, 0.3) is 5.76 Å². The van der Waals surface area contributed by atoms with Gasteiger partial charge in [-0.2, -0.15) is 0 Å². The van der Waals surface area contributed by atoms with Gasteiger partial charge in [0.1, 0.15) is 29.1 Å². The van der Waals surface area contributed by atoms with Crippen molar-refractivity contribution in [3.63, 3.8) is 0 Å². The summed E-state index contributed by atoms with van der Waals surface area (Å²) in [7, 11) is 2.84. The van der Waals surface area contributed by atoms with Gasteiger partial charge in [0, 0.05) is 11.8 Å². The molecule has 1 N–H and O–H groups in total. The van der Waals surface area contributed by atoms with Gasteiger partial charge < -0.3 is 19.0 Å². The Hall–Kier alpha value is -3.71. The number of hydrogen-bond donors (Lipinski definition) is 1. The molecule has 1 saturated heterocycles. The minimum absolute atomic E-state index is 0.129. The lowest BCUT2D eigenvalue weighted by Gasteiger charge is -2.24. The number of anilines is 1.